The predicted molar refractivity (Wildman–Crippen MR) is 62.4 cm³/mol. The number of hydrogen-bond donors (Lipinski definition) is 1. The summed E-state index contributed by atoms with van der Waals surface area (Å²) in [4.78, 5) is 0. The highest BCUT2D eigenvalue weighted by molar-refractivity contribution is 5.45. The molecule has 0 unspecified atom stereocenters. The molecule has 0 amide bonds. The fraction of sp³-hybridized carbons (Fsp3) is 0.0769. The molecule has 18 heavy (non-hydrogen) atoms. The van der Waals surface area contributed by atoms with E-state index in [1.54, 1.807) is 24.3 Å². The minimum Gasteiger partial charge on any atom is -0.457 e. The lowest BCUT2D eigenvalue weighted by atomic mass is 10.2. The van der Waals surface area contributed by atoms with Crippen LogP contribution in [0.4, 0.5) is 18.9 Å². The molecule has 2 nitrogen and oxygen atoms in total. The first-order valence-corrected chi connectivity index (χ1v) is 5.16. The van der Waals surface area contributed by atoms with E-state index in [1.165, 1.54) is 12.1 Å². The molecule has 2 rings (SSSR count). The van der Waals surface area contributed by atoms with Crippen LogP contribution in [0.25, 0.3) is 0 Å². The van der Waals surface area contributed by atoms with Crippen LogP contribution >= 0.6 is 0 Å². The molecule has 0 aromatic heterocycles. The highest BCUT2D eigenvalue weighted by Crippen LogP contribution is 2.32. The first-order valence-electron chi connectivity index (χ1n) is 5.16. The SMILES string of the molecule is Nc1cccc(Oc2cccc(C(F)(F)F)c2)c1. The molecule has 0 heterocycles. The van der Waals surface area contributed by atoms with E-state index in [0.717, 1.165) is 12.1 Å². The van der Waals surface area contributed by atoms with Crippen molar-refractivity contribution in [3.05, 3.63) is 54.1 Å². The molecule has 94 valence electrons. The van der Waals surface area contributed by atoms with Crippen molar-refractivity contribution in [1.29, 1.82) is 0 Å². The van der Waals surface area contributed by atoms with Crippen LogP contribution in [0.2, 0.25) is 0 Å². The number of alkyl halides is 3. The van der Waals surface area contributed by atoms with Gasteiger partial charge in [0.05, 0.1) is 5.56 Å². The molecule has 5 heteroatoms. The maximum atomic E-state index is 12.5. The van der Waals surface area contributed by atoms with Crippen LogP contribution in [0.1, 0.15) is 5.56 Å². The third kappa shape index (κ3) is 2.94. The van der Waals surface area contributed by atoms with Crippen LogP contribution in [0, 0.1) is 0 Å². The summed E-state index contributed by atoms with van der Waals surface area (Å²) in [6.45, 7) is 0. The van der Waals surface area contributed by atoms with Crippen molar-refractivity contribution >= 4 is 5.69 Å². The van der Waals surface area contributed by atoms with E-state index < -0.39 is 11.7 Å². The zero-order chi connectivity index (χ0) is 13.2. The van der Waals surface area contributed by atoms with Gasteiger partial charge in [0, 0.05) is 11.8 Å². The van der Waals surface area contributed by atoms with Gasteiger partial charge in [-0.25, -0.2) is 0 Å². The molecule has 0 atom stereocenters. The molecule has 0 aliphatic heterocycles. The molecule has 0 aliphatic rings. The number of benzene rings is 2. The van der Waals surface area contributed by atoms with Crippen LogP contribution in [0.5, 0.6) is 11.5 Å². The topological polar surface area (TPSA) is 35.2 Å². The first kappa shape index (κ1) is 12.3. The Bertz CT molecular complexity index is 552. The smallest absolute Gasteiger partial charge is 0.416 e. The molecular formula is C13H10F3NO. The maximum absolute atomic E-state index is 12.5. The molecule has 0 spiro atoms. The van der Waals surface area contributed by atoms with Crippen LogP contribution in [-0.4, -0.2) is 0 Å². The van der Waals surface area contributed by atoms with Crippen LogP contribution in [0.15, 0.2) is 48.5 Å². The summed E-state index contributed by atoms with van der Waals surface area (Å²) in [6.07, 6.45) is -4.38. The normalized spacial score (nSPS) is 11.3. The van der Waals surface area contributed by atoms with Gasteiger partial charge in [-0.3, -0.25) is 0 Å². The fourth-order valence-electron chi connectivity index (χ4n) is 1.45. The minimum absolute atomic E-state index is 0.121. The fourth-order valence-corrected chi connectivity index (χ4v) is 1.45. The third-order valence-electron chi connectivity index (χ3n) is 2.26. The lowest BCUT2D eigenvalue weighted by Crippen LogP contribution is -2.04. The van der Waals surface area contributed by atoms with E-state index in [4.69, 9.17) is 10.5 Å². The van der Waals surface area contributed by atoms with Crippen molar-refractivity contribution < 1.29 is 17.9 Å². The summed E-state index contributed by atoms with van der Waals surface area (Å²) < 4.78 is 42.8. The molecule has 2 aromatic carbocycles. The number of nitrogens with two attached hydrogens (primary N) is 1. The Hall–Kier alpha value is -2.17. The molecule has 0 bridgehead atoms. The summed E-state index contributed by atoms with van der Waals surface area (Å²) in [7, 11) is 0. The van der Waals surface area contributed by atoms with Gasteiger partial charge in [0.25, 0.3) is 0 Å². The highest BCUT2D eigenvalue weighted by Gasteiger charge is 2.30. The van der Waals surface area contributed by atoms with Gasteiger partial charge in [0.15, 0.2) is 0 Å². The summed E-state index contributed by atoms with van der Waals surface area (Å²) in [5.74, 6) is 0.518. The highest BCUT2D eigenvalue weighted by atomic mass is 19.4. The average molecular weight is 253 g/mol. The van der Waals surface area contributed by atoms with Crippen molar-refractivity contribution in [3.63, 3.8) is 0 Å². The molecule has 0 saturated carbocycles. The second-order valence-electron chi connectivity index (χ2n) is 3.70. The van der Waals surface area contributed by atoms with E-state index in [1.807, 2.05) is 0 Å². The number of ether oxygens (including phenoxy) is 1. The Labute approximate surface area is 102 Å². The molecular weight excluding hydrogens is 243 g/mol. The summed E-state index contributed by atoms with van der Waals surface area (Å²) in [6, 6.07) is 11.2. The number of anilines is 1. The van der Waals surface area contributed by atoms with Gasteiger partial charge < -0.3 is 10.5 Å². The second-order valence-corrected chi connectivity index (χ2v) is 3.70. The Morgan fingerprint density at radius 1 is 0.889 bits per heavy atom. The summed E-state index contributed by atoms with van der Waals surface area (Å²) >= 11 is 0. The van der Waals surface area contributed by atoms with Crippen molar-refractivity contribution in [2.24, 2.45) is 0 Å². The maximum Gasteiger partial charge on any atom is 0.416 e. The van der Waals surface area contributed by atoms with Crippen LogP contribution in [-0.2, 0) is 6.18 Å². The van der Waals surface area contributed by atoms with Crippen molar-refractivity contribution in [1.82, 2.24) is 0 Å². The molecule has 2 N–H and O–H groups in total. The largest absolute Gasteiger partial charge is 0.457 e. The van der Waals surface area contributed by atoms with E-state index in [0.29, 0.717) is 11.4 Å². The minimum atomic E-state index is -4.38. The van der Waals surface area contributed by atoms with Gasteiger partial charge in [-0.15, -0.1) is 0 Å². The Morgan fingerprint density at radius 2 is 1.50 bits per heavy atom. The van der Waals surface area contributed by atoms with Gasteiger partial charge in [0.2, 0.25) is 0 Å². The third-order valence-corrected chi connectivity index (χ3v) is 2.26. The molecule has 2 aromatic rings. The first-order chi connectivity index (χ1) is 8.45. The van der Waals surface area contributed by atoms with Crippen molar-refractivity contribution in [2.45, 2.75) is 6.18 Å². The van der Waals surface area contributed by atoms with E-state index >= 15 is 0 Å². The summed E-state index contributed by atoms with van der Waals surface area (Å²) in [5.41, 5.74) is 5.29. The van der Waals surface area contributed by atoms with E-state index in [-0.39, 0.29) is 5.75 Å². The lowest BCUT2D eigenvalue weighted by Gasteiger charge is -2.10. The zero-order valence-corrected chi connectivity index (χ0v) is 9.24. The molecule has 0 radical (unpaired) electrons. The summed E-state index contributed by atoms with van der Waals surface area (Å²) in [5, 5.41) is 0. The van der Waals surface area contributed by atoms with Gasteiger partial charge in [0.1, 0.15) is 11.5 Å². The van der Waals surface area contributed by atoms with Crippen molar-refractivity contribution in [3.8, 4) is 11.5 Å². The molecule has 0 aliphatic carbocycles. The predicted octanol–water partition coefficient (Wildman–Crippen LogP) is 4.08. The molecule has 0 saturated heterocycles. The number of halogens is 3. The van der Waals surface area contributed by atoms with Gasteiger partial charge in [-0.05, 0) is 30.3 Å². The number of nitrogen functional groups attached to an aromatic ring is 1. The van der Waals surface area contributed by atoms with Crippen molar-refractivity contribution in [2.75, 3.05) is 5.73 Å². The van der Waals surface area contributed by atoms with Crippen LogP contribution < -0.4 is 10.5 Å². The molecule has 0 fully saturated rings. The quantitative estimate of drug-likeness (QED) is 0.818. The monoisotopic (exact) mass is 253 g/mol. The Balaban J connectivity index is 2.25. The Kier molecular flexibility index (Phi) is 3.14. The van der Waals surface area contributed by atoms with Gasteiger partial charge in [-0.2, -0.15) is 13.2 Å². The standard InChI is InChI=1S/C13H10F3NO/c14-13(15,16)9-3-1-5-11(7-9)18-12-6-2-4-10(17)8-12/h1-8H,17H2. The van der Waals surface area contributed by atoms with Gasteiger partial charge in [-0.1, -0.05) is 12.1 Å². The Morgan fingerprint density at radius 3 is 2.11 bits per heavy atom. The average Bonchev–Trinajstić information content (AvgIpc) is 2.28. The van der Waals surface area contributed by atoms with E-state index in [2.05, 4.69) is 0 Å². The second kappa shape index (κ2) is 4.60. The number of rotatable bonds is 2. The van der Waals surface area contributed by atoms with Gasteiger partial charge >= 0.3 is 6.18 Å². The number of hydrogen-bond acceptors (Lipinski definition) is 2. The van der Waals surface area contributed by atoms with Crippen LogP contribution in [0.3, 0.4) is 0 Å². The lowest BCUT2D eigenvalue weighted by molar-refractivity contribution is -0.137. The van der Waals surface area contributed by atoms with E-state index in [9.17, 15) is 13.2 Å². The zero-order valence-electron chi connectivity index (χ0n) is 9.24.